The minimum atomic E-state index is -0.207. The van der Waals surface area contributed by atoms with E-state index in [9.17, 15) is 14.4 Å². The number of allylic oxidation sites excluding steroid dienone is 2. The molecule has 0 spiro atoms. The number of benzene rings is 1. The molecule has 1 aromatic carbocycles. The molecule has 1 aliphatic carbocycles. The number of thioether (sulfide) groups is 1. The van der Waals surface area contributed by atoms with Gasteiger partial charge in [0.15, 0.2) is 5.16 Å². The second kappa shape index (κ2) is 8.95. The molecule has 0 atom stereocenters. The summed E-state index contributed by atoms with van der Waals surface area (Å²) < 4.78 is 1.70. The SMILES string of the molecule is O=C1CCCN1C(=O)CSc1nc2ccccc2c(=O)n1CCC1=CCCCC1. The highest BCUT2D eigenvalue weighted by Crippen LogP contribution is 2.23. The molecule has 0 N–H and O–H groups in total. The number of imide groups is 1. The number of fused-ring (bicyclic) bond motifs is 1. The van der Waals surface area contributed by atoms with Gasteiger partial charge in [0, 0.05) is 19.5 Å². The summed E-state index contributed by atoms with van der Waals surface area (Å²) in [5, 5.41) is 1.14. The Labute approximate surface area is 174 Å². The number of amides is 2. The van der Waals surface area contributed by atoms with Crippen LogP contribution in [0.15, 0.2) is 45.9 Å². The van der Waals surface area contributed by atoms with Crippen LogP contribution >= 0.6 is 11.8 Å². The fourth-order valence-electron chi connectivity index (χ4n) is 3.96. The number of rotatable bonds is 6. The molecule has 0 unspecified atom stereocenters. The van der Waals surface area contributed by atoms with E-state index in [0.29, 0.717) is 35.6 Å². The van der Waals surface area contributed by atoms with E-state index < -0.39 is 0 Å². The third-order valence-electron chi connectivity index (χ3n) is 5.57. The maximum absolute atomic E-state index is 13.1. The minimum Gasteiger partial charge on any atom is -0.287 e. The third kappa shape index (κ3) is 4.45. The van der Waals surface area contributed by atoms with E-state index in [-0.39, 0.29) is 23.1 Å². The largest absolute Gasteiger partial charge is 0.287 e. The Kier molecular flexibility index (Phi) is 6.13. The van der Waals surface area contributed by atoms with Gasteiger partial charge in [-0.1, -0.05) is 35.5 Å². The highest BCUT2D eigenvalue weighted by molar-refractivity contribution is 7.99. The fraction of sp³-hybridized carbons (Fsp3) is 0.455. The van der Waals surface area contributed by atoms with Gasteiger partial charge in [0.2, 0.25) is 11.8 Å². The highest BCUT2D eigenvalue weighted by Gasteiger charge is 2.26. The number of hydrogen-bond donors (Lipinski definition) is 0. The van der Waals surface area contributed by atoms with Crippen molar-refractivity contribution in [2.45, 2.75) is 56.6 Å². The molecule has 1 aliphatic heterocycles. The summed E-state index contributed by atoms with van der Waals surface area (Å²) in [6.07, 6.45) is 8.92. The molecule has 2 aromatic rings. The number of hydrogen-bond acceptors (Lipinski definition) is 5. The lowest BCUT2D eigenvalue weighted by Gasteiger charge is -2.17. The topological polar surface area (TPSA) is 72.3 Å². The Balaban J connectivity index is 1.58. The summed E-state index contributed by atoms with van der Waals surface area (Å²) in [7, 11) is 0. The number of nitrogens with zero attached hydrogens (tertiary/aromatic N) is 3. The smallest absolute Gasteiger partial charge is 0.262 e. The molecular weight excluding hydrogens is 386 g/mol. The van der Waals surface area contributed by atoms with Gasteiger partial charge in [-0.05, 0) is 50.7 Å². The zero-order chi connectivity index (χ0) is 20.2. The first-order valence-corrected chi connectivity index (χ1v) is 11.3. The lowest BCUT2D eigenvalue weighted by Crippen LogP contribution is -2.33. The van der Waals surface area contributed by atoms with Crippen molar-refractivity contribution in [1.29, 1.82) is 0 Å². The molecule has 0 radical (unpaired) electrons. The van der Waals surface area contributed by atoms with Crippen molar-refractivity contribution in [3.8, 4) is 0 Å². The van der Waals surface area contributed by atoms with Gasteiger partial charge in [-0.2, -0.15) is 0 Å². The Bertz CT molecular complexity index is 1030. The lowest BCUT2D eigenvalue weighted by molar-refractivity contribution is -0.140. The third-order valence-corrected chi connectivity index (χ3v) is 6.53. The molecule has 6 nitrogen and oxygen atoms in total. The van der Waals surface area contributed by atoms with Crippen LogP contribution in [0.1, 0.15) is 44.9 Å². The molecule has 2 heterocycles. The fourth-order valence-corrected chi connectivity index (χ4v) is 4.86. The Morgan fingerprint density at radius 1 is 1.10 bits per heavy atom. The molecule has 0 saturated carbocycles. The lowest BCUT2D eigenvalue weighted by atomic mass is 9.97. The number of likely N-dealkylation sites (tertiary alicyclic amines) is 1. The molecule has 0 bridgehead atoms. The van der Waals surface area contributed by atoms with E-state index in [1.165, 1.54) is 35.1 Å². The van der Waals surface area contributed by atoms with Crippen LogP contribution in [-0.2, 0) is 16.1 Å². The summed E-state index contributed by atoms with van der Waals surface area (Å²) in [6, 6.07) is 7.31. The van der Waals surface area contributed by atoms with Gasteiger partial charge in [-0.25, -0.2) is 4.98 Å². The van der Waals surface area contributed by atoms with Crippen LogP contribution in [0.2, 0.25) is 0 Å². The normalized spacial score (nSPS) is 17.0. The van der Waals surface area contributed by atoms with E-state index in [4.69, 9.17) is 0 Å². The number of para-hydroxylation sites is 1. The molecule has 7 heteroatoms. The van der Waals surface area contributed by atoms with E-state index in [0.717, 1.165) is 25.7 Å². The molecule has 4 rings (SSSR count). The van der Waals surface area contributed by atoms with Gasteiger partial charge in [-0.3, -0.25) is 23.9 Å². The van der Waals surface area contributed by atoms with Crippen molar-refractivity contribution in [3.05, 3.63) is 46.3 Å². The zero-order valence-electron chi connectivity index (χ0n) is 16.4. The van der Waals surface area contributed by atoms with Crippen LogP contribution in [0.25, 0.3) is 10.9 Å². The van der Waals surface area contributed by atoms with E-state index in [1.54, 1.807) is 10.6 Å². The van der Waals surface area contributed by atoms with Gasteiger partial charge < -0.3 is 0 Å². The van der Waals surface area contributed by atoms with E-state index in [2.05, 4.69) is 11.1 Å². The molecule has 2 amide bonds. The standard InChI is InChI=1S/C22H25N3O3S/c26-19-11-6-13-24(19)20(27)15-29-22-23-18-10-5-4-9-17(18)21(28)25(22)14-12-16-7-2-1-3-8-16/h4-5,7,9-10H,1-3,6,8,11-15H2. The molecule has 2 aliphatic rings. The van der Waals surface area contributed by atoms with Crippen LogP contribution in [-0.4, -0.2) is 38.6 Å². The average molecular weight is 412 g/mol. The quantitative estimate of drug-likeness (QED) is 0.413. The Morgan fingerprint density at radius 2 is 1.97 bits per heavy atom. The first-order chi connectivity index (χ1) is 14.1. The molecule has 1 aromatic heterocycles. The number of carbonyl (C=O) groups excluding carboxylic acids is 2. The van der Waals surface area contributed by atoms with E-state index >= 15 is 0 Å². The van der Waals surface area contributed by atoms with Crippen molar-refractivity contribution < 1.29 is 9.59 Å². The maximum Gasteiger partial charge on any atom is 0.262 e. The first kappa shape index (κ1) is 19.9. The number of carbonyl (C=O) groups is 2. The summed E-state index contributed by atoms with van der Waals surface area (Å²) in [5.74, 6) is -0.204. The Hall–Kier alpha value is -2.41. The zero-order valence-corrected chi connectivity index (χ0v) is 17.2. The summed E-state index contributed by atoms with van der Waals surface area (Å²) in [4.78, 5) is 43.4. The van der Waals surface area contributed by atoms with Crippen LogP contribution in [0.4, 0.5) is 0 Å². The van der Waals surface area contributed by atoms with Gasteiger partial charge in [-0.15, -0.1) is 0 Å². The molecular formula is C22H25N3O3S. The van der Waals surface area contributed by atoms with Crippen molar-refractivity contribution in [2.24, 2.45) is 0 Å². The molecule has 29 heavy (non-hydrogen) atoms. The Morgan fingerprint density at radius 3 is 2.72 bits per heavy atom. The molecule has 152 valence electrons. The van der Waals surface area contributed by atoms with Crippen LogP contribution < -0.4 is 5.56 Å². The van der Waals surface area contributed by atoms with Crippen molar-refractivity contribution >= 4 is 34.5 Å². The van der Waals surface area contributed by atoms with Crippen molar-refractivity contribution in [3.63, 3.8) is 0 Å². The van der Waals surface area contributed by atoms with Crippen molar-refractivity contribution in [2.75, 3.05) is 12.3 Å². The second-order valence-corrected chi connectivity index (χ2v) is 8.50. The molecule has 1 saturated heterocycles. The van der Waals surface area contributed by atoms with Gasteiger partial charge >= 0.3 is 0 Å². The number of aromatic nitrogens is 2. The summed E-state index contributed by atoms with van der Waals surface area (Å²) in [5.41, 5.74) is 1.96. The predicted molar refractivity (Wildman–Crippen MR) is 114 cm³/mol. The average Bonchev–Trinajstić information content (AvgIpc) is 3.18. The van der Waals surface area contributed by atoms with Crippen LogP contribution in [0.3, 0.4) is 0 Å². The predicted octanol–water partition coefficient (Wildman–Crippen LogP) is 3.53. The minimum absolute atomic E-state index is 0.0702. The summed E-state index contributed by atoms with van der Waals surface area (Å²) >= 11 is 1.25. The second-order valence-electron chi connectivity index (χ2n) is 7.56. The van der Waals surface area contributed by atoms with Gasteiger partial charge in [0.1, 0.15) is 0 Å². The first-order valence-electron chi connectivity index (χ1n) is 10.3. The summed E-state index contributed by atoms with van der Waals surface area (Å²) in [6.45, 7) is 1.05. The molecule has 1 fully saturated rings. The monoisotopic (exact) mass is 411 g/mol. The van der Waals surface area contributed by atoms with Crippen LogP contribution in [0, 0.1) is 0 Å². The van der Waals surface area contributed by atoms with E-state index in [1.807, 2.05) is 18.2 Å². The highest BCUT2D eigenvalue weighted by atomic mass is 32.2. The van der Waals surface area contributed by atoms with Crippen molar-refractivity contribution in [1.82, 2.24) is 14.5 Å². The van der Waals surface area contributed by atoms with Gasteiger partial charge in [0.05, 0.1) is 16.7 Å². The van der Waals surface area contributed by atoms with Crippen LogP contribution in [0.5, 0.6) is 0 Å². The van der Waals surface area contributed by atoms with Gasteiger partial charge in [0.25, 0.3) is 5.56 Å². The maximum atomic E-state index is 13.1.